The third-order valence-corrected chi connectivity index (χ3v) is 12.9. The molecule has 5 aliphatic heterocycles. The molecule has 0 spiro atoms. The van der Waals surface area contributed by atoms with Crippen LogP contribution in [0.5, 0.6) is 5.75 Å². The molecule has 1 N–H and O–H groups in total. The molecule has 292 valence electrons. The van der Waals surface area contributed by atoms with Crippen molar-refractivity contribution >= 4 is 47.0 Å². The van der Waals surface area contributed by atoms with Crippen LogP contribution in [0.3, 0.4) is 0 Å². The van der Waals surface area contributed by atoms with E-state index in [1.165, 1.54) is 0 Å². The molecule has 1 unspecified atom stereocenters. The van der Waals surface area contributed by atoms with Crippen molar-refractivity contribution in [2.24, 2.45) is 5.92 Å². The van der Waals surface area contributed by atoms with E-state index in [0.717, 1.165) is 66.7 Å². The standard InChI is InChI=1S/C43H41ClN6O7/c44-36-18-32(5-1-26(36)19-45)57-31-6-3-30(4-7-31)49-23-29-15-25(2-8-33(29)41(49)54)40(53)48-13-11-24(12-14-48)20-47-21-27-16-34-35(17-28(27)22-47)43(56)50(42(34)55)37-9-10-38(51)46-39(37)52/h1-2,5,8,15-18,24,30-31,37H,3-4,6-7,9-14,20-23H2,(H,46,51,52)/t30-,31-,37?. The van der Waals surface area contributed by atoms with Gasteiger partial charge in [-0.1, -0.05) is 11.6 Å². The Labute approximate surface area is 334 Å². The molecule has 13 nitrogen and oxygen atoms in total. The molecule has 6 amide bonds. The van der Waals surface area contributed by atoms with Gasteiger partial charge in [0.1, 0.15) is 17.9 Å². The minimum absolute atomic E-state index is 0.00628. The summed E-state index contributed by atoms with van der Waals surface area (Å²) >= 11 is 6.18. The number of rotatable bonds is 7. The predicted octanol–water partition coefficient (Wildman–Crippen LogP) is 4.83. The average Bonchev–Trinajstić information content (AvgIpc) is 3.84. The average molecular weight is 789 g/mol. The van der Waals surface area contributed by atoms with Crippen LogP contribution >= 0.6 is 11.6 Å². The largest absolute Gasteiger partial charge is 0.490 e. The number of benzene rings is 3. The lowest BCUT2D eigenvalue weighted by Gasteiger charge is -2.34. The van der Waals surface area contributed by atoms with Crippen LogP contribution in [0, 0.1) is 17.2 Å². The van der Waals surface area contributed by atoms with Gasteiger partial charge in [0.25, 0.3) is 23.6 Å². The van der Waals surface area contributed by atoms with E-state index in [-0.39, 0.29) is 36.8 Å². The fourth-order valence-electron chi connectivity index (χ4n) is 9.53. The lowest BCUT2D eigenvalue weighted by Crippen LogP contribution is -2.54. The predicted molar refractivity (Wildman–Crippen MR) is 205 cm³/mol. The van der Waals surface area contributed by atoms with Crippen molar-refractivity contribution in [3.05, 3.63) is 98.1 Å². The minimum atomic E-state index is -0.983. The molecule has 1 atom stereocenters. The molecule has 9 rings (SSSR count). The van der Waals surface area contributed by atoms with Crippen molar-refractivity contribution in [3.8, 4) is 11.8 Å². The third-order valence-electron chi connectivity index (χ3n) is 12.6. The van der Waals surface area contributed by atoms with Crippen molar-refractivity contribution in [3.63, 3.8) is 0 Å². The van der Waals surface area contributed by atoms with Crippen LogP contribution in [0.15, 0.2) is 48.5 Å². The Bertz CT molecular complexity index is 2240. The summed E-state index contributed by atoms with van der Waals surface area (Å²) < 4.78 is 6.15. The van der Waals surface area contributed by atoms with Crippen molar-refractivity contribution in [1.82, 2.24) is 24.9 Å². The maximum Gasteiger partial charge on any atom is 0.262 e. The summed E-state index contributed by atoms with van der Waals surface area (Å²) in [5, 5.41) is 11.7. The normalized spacial score (nSPS) is 23.7. The van der Waals surface area contributed by atoms with E-state index in [0.29, 0.717) is 77.2 Å². The van der Waals surface area contributed by atoms with Gasteiger partial charge in [0.05, 0.1) is 27.8 Å². The zero-order valence-electron chi connectivity index (χ0n) is 31.3. The Morgan fingerprint density at radius 2 is 1.49 bits per heavy atom. The number of nitrogens with zero attached hydrogens (tertiary/aromatic N) is 5. The zero-order chi connectivity index (χ0) is 39.5. The topological polar surface area (TPSA) is 160 Å². The summed E-state index contributed by atoms with van der Waals surface area (Å²) in [4.78, 5) is 85.0. The molecule has 3 fully saturated rings. The third kappa shape index (κ3) is 6.84. The van der Waals surface area contributed by atoms with Gasteiger partial charge >= 0.3 is 0 Å². The van der Waals surface area contributed by atoms with Crippen LogP contribution in [-0.4, -0.2) is 92.9 Å². The fourth-order valence-corrected chi connectivity index (χ4v) is 9.75. The summed E-state index contributed by atoms with van der Waals surface area (Å²) in [7, 11) is 0. The second-order valence-electron chi connectivity index (χ2n) is 16.1. The first-order chi connectivity index (χ1) is 27.5. The quantitative estimate of drug-likeness (QED) is 0.331. The van der Waals surface area contributed by atoms with Gasteiger partial charge in [0.15, 0.2) is 0 Å². The van der Waals surface area contributed by atoms with Crippen LogP contribution in [0.4, 0.5) is 0 Å². The van der Waals surface area contributed by atoms with Crippen LogP contribution < -0.4 is 10.1 Å². The number of nitriles is 1. The number of hydrogen-bond donors (Lipinski definition) is 1. The first kappa shape index (κ1) is 37.0. The Kier molecular flexibility index (Phi) is 9.57. The molecule has 5 heterocycles. The van der Waals surface area contributed by atoms with E-state index < -0.39 is 29.7 Å². The number of nitrogens with one attached hydrogen (secondary N) is 1. The lowest BCUT2D eigenvalue weighted by molar-refractivity contribution is -0.136. The molecule has 0 bridgehead atoms. The molecular formula is C43H41ClN6O7. The first-order valence-corrected chi connectivity index (χ1v) is 20.1. The summed E-state index contributed by atoms with van der Waals surface area (Å²) in [6, 6.07) is 15.3. The Balaban J connectivity index is 0.754. The second-order valence-corrected chi connectivity index (χ2v) is 16.5. The summed E-state index contributed by atoms with van der Waals surface area (Å²) in [6.07, 6.45) is 5.14. The van der Waals surface area contributed by atoms with Crippen LogP contribution in [-0.2, 0) is 29.2 Å². The minimum Gasteiger partial charge on any atom is -0.490 e. The maximum absolute atomic E-state index is 13.7. The van der Waals surface area contributed by atoms with E-state index in [1.807, 2.05) is 15.9 Å². The van der Waals surface area contributed by atoms with Crippen LogP contribution in [0.2, 0.25) is 5.02 Å². The maximum atomic E-state index is 13.7. The van der Waals surface area contributed by atoms with Gasteiger partial charge in [-0.2, -0.15) is 5.26 Å². The van der Waals surface area contributed by atoms with Gasteiger partial charge < -0.3 is 14.5 Å². The van der Waals surface area contributed by atoms with Gasteiger partial charge in [-0.25, -0.2) is 0 Å². The van der Waals surface area contributed by atoms with Gasteiger partial charge in [-0.05, 0) is 110 Å². The highest BCUT2D eigenvalue weighted by Crippen LogP contribution is 2.36. The number of piperidine rings is 2. The number of imide groups is 2. The number of hydrogen-bond acceptors (Lipinski definition) is 9. The Morgan fingerprint density at radius 1 is 0.789 bits per heavy atom. The summed E-state index contributed by atoms with van der Waals surface area (Å²) in [5.41, 5.74) is 5.16. The molecule has 2 saturated heterocycles. The first-order valence-electron chi connectivity index (χ1n) is 19.7. The molecule has 57 heavy (non-hydrogen) atoms. The molecule has 14 heteroatoms. The zero-order valence-corrected chi connectivity index (χ0v) is 32.1. The van der Waals surface area contributed by atoms with E-state index in [2.05, 4.69) is 16.3 Å². The van der Waals surface area contributed by atoms with Gasteiger partial charge in [-0.15, -0.1) is 0 Å². The molecule has 1 saturated carbocycles. The summed E-state index contributed by atoms with van der Waals surface area (Å²) in [5.74, 6) is -0.997. The lowest BCUT2D eigenvalue weighted by atomic mass is 9.92. The number of amides is 6. The van der Waals surface area contributed by atoms with Crippen molar-refractivity contribution in [1.29, 1.82) is 5.26 Å². The number of carbonyl (C=O) groups is 6. The van der Waals surface area contributed by atoms with E-state index in [9.17, 15) is 28.8 Å². The number of carbonyl (C=O) groups excluding carboxylic acids is 6. The number of halogens is 1. The molecule has 3 aromatic rings. The molecule has 3 aromatic carbocycles. The molecule has 1 aliphatic carbocycles. The fraction of sp³-hybridized carbons (Fsp3) is 0.419. The molecule has 0 radical (unpaired) electrons. The van der Waals surface area contributed by atoms with Gasteiger partial charge in [0.2, 0.25) is 11.8 Å². The monoisotopic (exact) mass is 788 g/mol. The number of ether oxygens (including phenoxy) is 1. The SMILES string of the molecule is N#Cc1ccc(O[C@H]2CC[C@H](N3Cc4cc(C(=O)N5CCC(CN6Cc7cc8c(cc7C6)C(=O)N(C6CCC(=O)NC6=O)C8=O)CC5)ccc4C3=O)CC2)cc1Cl. The number of likely N-dealkylation sites (tertiary alicyclic amines) is 1. The summed E-state index contributed by atoms with van der Waals surface area (Å²) in [6.45, 7) is 3.89. The van der Waals surface area contributed by atoms with E-state index in [4.69, 9.17) is 21.6 Å². The van der Waals surface area contributed by atoms with Gasteiger partial charge in [-0.3, -0.25) is 43.9 Å². The van der Waals surface area contributed by atoms with Gasteiger partial charge in [0, 0.05) is 68.9 Å². The molecular weight excluding hydrogens is 748 g/mol. The van der Waals surface area contributed by atoms with Crippen molar-refractivity contribution in [2.75, 3.05) is 19.6 Å². The highest BCUT2D eigenvalue weighted by molar-refractivity contribution is 6.31. The second kappa shape index (κ2) is 14.7. The van der Waals surface area contributed by atoms with Crippen LogP contribution in [0.1, 0.15) is 115 Å². The molecule has 6 aliphatic rings. The van der Waals surface area contributed by atoms with E-state index >= 15 is 0 Å². The van der Waals surface area contributed by atoms with E-state index in [1.54, 1.807) is 42.5 Å². The van der Waals surface area contributed by atoms with Crippen molar-refractivity contribution in [2.45, 2.75) is 89.2 Å². The Hall–Kier alpha value is -5.58. The highest BCUT2D eigenvalue weighted by Gasteiger charge is 2.45. The Morgan fingerprint density at radius 3 is 2.14 bits per heavy atom. The molecule has 0 aromatic heterocycles. The number of fused-ring (bicyclic) bond motifs is 3. The van der Waals surface area contributed by atoms with Crippen molar-refractivity contribution < 1.29 is 33.5 Å². The highest BCUT2D eigenvalue weighted by atomic mass is 35.5. The smallest absolute Gasteiger partial charge is 0.262 e. The van der Waals surface area contributed by atoms with Crippen LogP contribution in [0.25, 0.3) is 0 Å².